The van der Waals surface area contributed by atoms with Crippen molar-refractivity contribution < 1.29 is 9.84 Å². The summed E-state index contributed by atoms with van der Waals surface area (Å²) < 4.78 is 5.37. The fourth-order valence-electron chi connectivity index (χ4n) is 3.13. The Bertz CT molecular complexity index is 650. The van der Waals surface area contributed by atoms with Gasteiger partial charge in [-0.25, -0.2) is 4.98 Å². The molecule has 0 aliphatic carbocycles. The minimum Gasteiger partial charge on any atom is -0.478 e. The van der Waals surface area contributed by atoms with E-state index >= 15 is 0 Å². The molecule has 24 heavy (non-hydrogen) atoms. The van der Waals surface area contributed by atoms with Crippen LogP contribution in [-0.4, -0.2) is 34.7 Å². The predicted molar refractivity (Wildman–Crippen MR) is 95.3 cm³/mol. The van der Waals surface area contributed by atoms with Gasteiger partial charge in [0, 0.05) is 36.9 Å². The minimum atomic E-state index is -0.752. The van der Waals surface area contributed by atoms with Crippen LogP contribution in [0.25, 0.3) is 0 Å². The van der Waals surface area contributed by atoms with E-state index in [4.69, 9.17) is 16.3 Å². The lowest BCUT2D eigenvalue weighted by molar-refractivity contribution is -0.0277. The molecule has 0 unspecified atom stereocenters. The number of aromatic nitrogens is 1. The monoisotopic (exact) mass is 346 g/mol. The van der Waals surface area contributed by atoms with Gasteiger partial charge in [0.1, 0.15) is 0 Å². The van der Waals surface area contributed by atoms with Crippen LogP contribution in [0.3, 0.4) is 0 Å². The van der Waals surface area contributed by atoms with E-state index < -0.39 is 5.60 Å². The smallest absolute Gasteiger partial charge is 0.213 e. The van der Waals surface area contributed by atoms with E-state index in [0.717, 1.165) is 43.6 Å². The van der Waals surface area contributed by atoms with Crippen molar-refractivity contribution in [2.45, 2.75) is 31.9 Å². The van der Waals surface area contributed by atoms with Crippen LogP contribution in [0, 0.1) is 0 Å². The standard InChI is InChI=1S/C19H23ClN2O2/c1-2-24-18-8-3-15(13-21-18)14-22-11-9-19(23,10-12-22)16-4-6-17(20)7-5-16/h3-8,13,23H,2,9-12,14H2,1H3. The molecule has 1 aliphatic rings. The number of rotatable bonds is 5. The van der Waals surface area contributed by atoms with Gasteiger partial charge in [0.25, 0.3) is 0 Å². The number of aliphatic hydroxyl groups is 1. The fraction of sp³-hybridized carbons (Fsp3) is 0.421. The fourth-order valence-corrected chi connectivity index (χ4v) is 3.25. The van der Waals surface area contributed by atoms with Gasteiger partial charge >= 0.3 is 0 Å². The molecule has 0 bridgehead atoms. The third-order valence-electron chi connectivity index (χ3n) is 4.56. The Labute approximate surface area is 148 Å². The molecule has 4 nitrogen and oxygen atoms in total. The molecular weight excluding hydrogens is 324 g/mol. The summed E-state index contributed by atoms with van der Waals surface area (Å²) in [6.07, 6.45) is 3.31. The molecule has 2 heterocycles. The first kappa shape index (κ1) is 17.2. The van der Waals surface area contributed by atoms with Crippen LogP contribution in [0.2, 0.25) is 5.02 Å². The first-order valence-corrected chi connectivity index (χ1v) is 8.75. The van der Waals surface area contributed by atoms with Crippen LogP contribution in [0.15, 0.2) is 42.6 Å². The summed E-state index contributed by atoms with van der Waals surface area (Å²) in [5.74, 6) is 0.664. The highest BCUT2D eigenvalue weighted by molar-refractivity contribution is 6.30. The van der Waals surface area contributed by atoms with E-state index in [2.05, 4.69) is 16.0 Å². The summed E-state index contributed by atoms with van der Waals surface area (Å²) in [4.78, 5) is 6.66. The molecule has 1 saturated heterocycles. The molecule has 2 aromatic rings. The molecule has 0 radical (unpaired) electrons. The van der Waals surface area contributed by atoms with Gasteiger partial charge in [0.15, 0.2) is 0 Å². The number of ether oxygens (including phenoxy) is 1. The normalized spacial score (nSPS) is 17.6. The number of pyridine rings is 1. The minimum absolute atomic E-state index is 0.627. The number of hydrogen-bond acceptors (Lipinski definition) is 4. The summed E-state index contributed by atoms with van der Waals surface area (Å²) in [5, 5.41) is 11.6. The van der Waals surface area contributed by atoms with E-state index in [0.29, 0.717) is 17.5 Å². The molecule has 0 atom stereocenters. The van der Waals surface area contributed by atoms with Gasteiger partial charge in [0.2, 0.25) is 5.88 Å². The van der Waals surface area contributed by atoms with Gasteiger partial charge in [-0.1, -0.05) is 29.8 Å². The summed E-state index contributed by atoms with van der Waals surface area (Å²) in [6, 6.07) is 11.5. The van der Waals surface area contributed by atoms with Gasteiger partial charge in [0.05, 0.1) is 12.2 Å². The zero-order chi connectivity index (χ0) is 17.0. The van der Waals surface area contributed by atoms with Crippen LogP contribution in [0.4, 0.5) is 0 Å². The van der Waals surface area contributed by atoms with Gasteiger partial charge in [-0.05, 0) is 43.0 Å². The average Bonchev–Trinajstić information content (AvgIpc) is 2.60. The Morgan fingerprint density at radius 2 is 1.88 bits per heavy atom. The largest absolute Gasteiger partial charge is 0.478 e. The van der Waals surface area contributed by atoms with Crippen molar-refractivity contribution in [3.05, 3.63) is 58.7 Å². The Morgan fingerprint density at radius 1 is 1.17 bits per heavy atom. The topological polar surface area (TPSA) is 45.6 Å². The maximum absolute atomic E-state index is 10.9. The van der Waals surface area contributed by atoms with Gasteiger partial charge in [-0.3, -0.25) is 4.90 Å². The Morgan fingerprint density at radius 3 is 2.46 bits per heavy atom. The Balaban J connectivity index is 1.57. The Kier molecular flexibility index (Phi) is 5.39. The molecule has 0 saturated carbocycles. The van der Waals surface area contributed by atoms with Crippen LogP contribution in [0.5, 0.6) is 5.88 Å². The number of halogens is 1. The molecule has 1 fully saturated rings. The zero-order valence-electron chi connectivity index (χ0n) is 13.9. The highest BCUT2D eigenvalue weighted by atomic mass is 35.5. The lowest BCUT2D eigenvalue weighted by atomic mass is 9.84. The second-order valence-corrected chi connectivity index (χ2v) is 6.69. The molecule has 128 valence electrons. The van der Waals surface area contributed by atoms with Crippen molar-refractivity contribution in [1.82, 2.24) is 9.88 Å². The van der Waals surface area contributed by atoms with E-state index in [1.807, 2.05) is 43.5 Å². The van der Waals surface area contributed by atoms with Crippen molar-refractivity contribution in [1.29, 1.82) is 0 Å². The molecule has 3 rings (SSSR count). The second-order valence-electron chi connectivity index (χ2n) is 6.25. The summed E-state index contributed by atoms with van der Waals surface area (Å²) >= 11 is 5.94. The number of hydrogen-bond donors (Lipinski definition) is 1. The quantitative estimate of drug-likeness (QED) is 0.898. The van der Waals surface area contributed by atoms with Gasteiger partial charge in [-0.2, -0.15) is 0 Å². The molecule has 1 aromatic heterocycles. The predicted octanol–water partition coefficient (Wildman–Crippen LogP) is 3.62. The van der Waals surface area contributed by atoms with E-state index in [-0.39, 0.29) is 0 Å². The van der Waals surface area contributed by atoms with Gasteiger partial charge < -0.3 is 9.84 Å². The lowest BCUT2D eigenvalue weighted by Crippen LogP contribution is -2.42. The summed E-state index contributed by atoms with van der Waals surface area (Å²) in [5.41, 5.74) is 1.36. The number of piperidine rings is 1. The van der Waals surface area contributed by atoms with Crippen LogP contribution in [0.1, 0.15) is 30.9 Å². The Hall–Kier alpha value is -1.62. The first-order chi connectivity index (χ1) is 11.6. The molecule has 1 aliphatic heterocycles. The highest BCUT2D eigenvalue weighted by Crippen LogP contribution is 2.33. The van der Waals surface area contributed by atoms with Crippen molar-refractivity contribution in [3.8, 4) is 5.88 Å². The van der Waals surface area contributed by atoms with Crippen LogP contribution in [-0.2, 0) is 12.1 Å². The average molecular weight is 347 g/mol. The molecule has 5 heteroatoms. The number of likely N-dealkylation sites (tertiary alicyclic amines) is 1. The second kappa shape index (κ2) is 7.51. The number of nitrogens with zero attached hydrogens (tertiary/aromatic N) is 2. The van der Waals surface area contributed by atoms with Crippen molar-refractivity contribution >= 4 is 11.6 Å². The van der Waals surface area contributed by atoms with Crippen molar-refractivity contribution in [2.24, 2.45) is 0 Å². The first-order valence-electron chi connectivity index (χ1n) is 8.37. The molecule has 1 aromatic carbocycles. The number of benzene rings is 1. The van der Waals surface area contributed by atoms with Crippen molar-refractivity contribution in [2.75, 3.05) is 19.7 Å². The van der Waals surface area contributed by atoms with E-state index in [1.54, 1.807) is 0 Å². The third-order valence-corrected chi connectivity index (χ3v) is 4.81. The van der Waals surface area contributed by atoms with Gasteiger partial charge in [-0.15, -0.1) is 0 Å². The SMILES string of the molecule is CCOc1ccc(CN2CCC(O)(c3ccc(Cl)cc3)CC2)cn1. The molecular formula is C19H23ClN2O2. The lowest BCUT2D eigenvalue weighted by Gasteiger charge is -2.38. The van der Waals surface area contributed by atoms with Crippen molar-refractivity contribution in [3.63, 3.8) is 0 Å². The summed E-state index contributed by atoms with van der Waals surface area (Å²) in [7, 11) is 0. The molecule has 0 spiro atoms. The maximum Gasteiger partial charge on any atom is 0.213 e. The summed E-state index contributed by atoms with van der Waals surface area (Å²) in [6.45, 7) is 5.13. The van der Waals surface area contributed by atoms with Crippen LogP contribution >= 0.6 is 11.6 Å². The third kappa shape index (κ3) is 4.07. The van der Waals surface area contributed by atoms with E-state index in [1.165, 1.54) is 0 Å². The van der Waals surface area contributed by atoms with Crippen LogP contribution < -0.4 is 4.74 Å². The van der Waals surface area contributed by atoms with E-state index in [9.17, 15) is 5.11 Å². The molecule has 1 N–H and O–H groups in total. The maximum atomic E-state index is 10.9. The molecule has 0 amide bonds. The highest BCUT2D eigenvalue weighted by Gasteiger charge is 2.33. The zero-order valence-corrected chi connectivity index (χ0v) is 14.7.